The van der Waals surface area contributed by atoms with Crippen LogP contribution in [0.4, 0.5) is 0 Å². The fraction of sp³-hybridized carbons (Fsp3) is 0.450. The van der Waals surface area contributed by atoms with E-state index in [0.717, 1.165) is 6.54 Å². The molecule has 0 amide bonds. The number of fused-ring (bicyclic) bond motifs is 1. The van der Waals surface area contributed by atoms with Crippen LogP contribution in [0.5, 0.6) is 0 Å². The lowest BCUT2D eigenvalue weighted by Gasteiger charge is -2.20. The normalized spacial score (nSPS) is 14.0. The average Bonchev–Trinajstić information content (AvgIpc) is 3.31. The largest absolute Gasteiger partial charge is 0.459 e. The van der Waals surface area contributed by atoms with Crippen molar-refractivity contribution in [3.05, 3.63) is 49.0 Å². The van der Waals surface area contributed by atoms with Crippen molar-refractivity contribution in [3.63, 3.8) is 0 Å². The minimum absolute atomic E-state index is 0.178. The zero-order valence-corrected chi connectivity index (χ0v) is 18.0. The van der Waals surface area contributed by atoms with Gasteiger partial charge in [-0.1, -0.05) is 6.07 Å². The van der Waals surface area contributed by atoms with Gasteiger partial charge >= 0.3 is 5.97 Å². The minimum Gasteiger partial charge on any atom is -0.459 e. The number of ether oxygens (including phenoxy) is 2. The van der Waals surface area contributed by atoms with Gasteiger partial charge < -0.3 is 14.5 Å². The summed E-state index contributed by atoms with van der Waals surface area (Å²) in [4.78, 5) is 37.3. The van der Waals surface area contributed by atoms with Crippen molar-refractivity contribution in [2.45, 2.75) is 38.9 Å². The number of methoxy groups -OCH3 is 1. The molecule has 154 valence electrons. The van der Waals surface area contributed by atoms with Crippen LogP contribution in [-0.4, -0.2) is 47.2 Å². The van der Waals surface area contributed by atoms with Crippen molar-refractivity contribution >= 4 is 38.9 Å². The van der Waals surface area contributed by atoms with E-state index in [1.54, 1.807) is 25.4 Å². The van der Waals surface area contributed by atoms with Crippen molar-refractivity contribution in [1.29, 1.82) is 0 Å². The molecule has 0 atom stereocenters. The predicted octanol–water partition coefficient (Wildman–Crippen LogP) is 3.32. The summed E-state index contributed by atoms with van der Waals surface area (Å²) >= 11 is 2.95. The lowest BCUT2D eigenvalue weighted by Crippen LogP contribution is -2.27. The van der Waals surface area contributed by atoms with E-state index in [-0.39, 0.29) is 12.2 Å². The van der Waals surface area contributed by atoms with E-state index in [1.165, 1.54) is 29.1 Å². The van der Waals surface area contributed by atoms with E-state index in [2.05, 4.69) is 32.4 Å². The van der Waals surface area contributed by atoms with Crippen LogP contribution in [0.15, 0.2) is 22.3 Å². The Balaban J connectivity index is 1.58. The number of hydrogen-bond acceptors (Lipinski definition) is 8. The van der Waals surface area contributed by atoms with Gasteiger partial charge in [-0.2, -0.15) is 0 Å². The summed E-state index contributed by atoms with van der Waals surface area (Å²) < 4.78 is 10.1. The number of rotatable bonds is 9. The van der Waals surface area contributed by atoms with Crippen LogP contribution < -0.4 is 5.56 Å². The van der Waals surface area contributed by atoms with Crippen molar-refractivity contribution in [1.82, 2.24) is 14.9 Å². The Bertz CT molecular complexity index is 1050. The molecule has 1 aliphatic rings. The van der Waals surface area contributed by atoms with Crippen molar-refractivity contribution < 1.29 is 14.3 Å². The molecule has 1 saturated carbocycles. The molecule has 3 aromatic rings. The number of aromatic amines is 1. The lowest BCUT2D eigenvalue weighted by atomic mass is 10.2. The molecule has 0 bridgehead atoms. The molecule has 9 heteroatoms. The van der Waals surface area contributed by atoms with Gasteiger partial charge in [-0.25, -0.2) is 9.78 Å². The Morgan fingerprint density at radius 1 is 1.34 bits per heavy atom. The monoisotopic (exact) mass is 433 g/mol. The second kappa shape index (κ2) is 8.74. The maximum atomic E-state index is 12.7. The van der Waals surface area contributed by atoms with Gasteiger partial charge in [0.2, 0.25) is 0 Å². The number of carbonyl (C=O) groups is 1. The average molecular weight is 434 g/mol. The van der Waals surface area contributed by atoms with E-state index < -0.39 is 5.97 Å². The number of aromatic nitrogens is 2. The van der Waals surface area contributed by atoms with Gasteiger partial charge in [0.15, 0.2) is 0 Å². The van der Waals surface area contributed by atoms with Gasteiger partial charge in [-0.3, -0.25) is 9.69 Å². The SMILES string of the molecule is COCCOC(=O)c1sc2nc(CN(Cc3cccs3)C3CC3)[nH]c(=O)c2c1C. The number of H-pyrrole nitrogens is 1. The molecule has 3 aromatic heterocycles. The number of nitrogens with zero attached hydrogens (tertiary/aromatic N) is 2. The Morgan fingerprint density at radius 3 is 2.86 bits per heavy atom. The van der Waals surface area contributed by atoms with Crippen LogP contribution in [-0.2, 0) is 22.6 Å². The van der Waals surface area contributed by atoms with E-state index in [0.29, 0.717) is 45.7 Å². The first-order valence-electron chi connectivity index (χ1n) is 9.51. The van der Waals surface area contributed by atoms with Crippen molar-refractivity contribution in [2.24, 2.45) is 0 Å². The summed E-state index contributed by atoms with van der Waals surface area (Å²) in [7, 11) is 1.55. The van der Waals surface area contributed by atoms with Gasteiger partial charge in [0.25, 0.3) is 5.56 Å². The first-order valence-corrected chi connectivity index (χ1v) is 11.2. The van der Waals surface area contributed by atoms with Crippen molar-refractivity contribution in [3.8, 4) is 0 Å². The molecule has 0 saturated heterocycles. The van der Waals surface area contributed by atoms with Gasteiger partial charge in [-0.05, 0) is 36.8 Å². The second-order valence-corrected chi connectivity index (χ2v) is 9.12. The number of aryl methyl sites for hydroxylation is 1. The third kappa shape index (κ3) is 4.58. The maximum Gasteiger partial charge on any atom is 0.348 e. The van der Waals surface area contributed by atoms with Crippen molar-refractivity contribution in [2.75, 3.05) is 20.3 Å². The topological polar surface area (TPSA) is 84.5 Å². The third-order valence-corrected chi connectivity index (χ3v) is 6.94. The first kappa shape index (κ1) is 20.2. The van der Waals surface area contributed by atoms with E-state index in [9.17, 15) is 9.59 Å². The summed E-state index contributed by atoms with van der Waals surface area (Å²) in [5, 5.41) is 2.54. The molecule has 3 heterocycles. The Hall–Kier alpha value is -2.07. The zero-order chi connectivity index (χ0) is 20.4. The lowest BCUT2D eigenvalue weighted by molar-refractivity contribution is 0.0393. The number of carbonyl (C=O) groups excluding carboxylic acids is 1. The predicted molar refractivity (Wildman–Crippen MR) is 114 cm³/mol. The molecular formula is C20H23N3O4S2. The fourth-order valence-corrected chi connectivity index (χ4v) is 5.11. The van der Waals surface area contributed by atoms with Crippen LogP contribution in [0.25, 0.3) is 10.2 Å². The third-order valence-electron chi connectivity index (χ3n) is 4.91. The summed E-state index contributed by atoms with van der Waals surface area (Å²) in [6.45, 7) is 3.70. The van der Waals surface area contributed by atoms with Crippen LogP contribution in [0, 0.1) is 6.92 Å². The first-order chi connectivity index (χ1) is 14.1. The van der Waals surface area contributed by atoms with Gasteiger partial charge in [0.05, 0.1) is 18.5 Å². The second-order valence-electron chi connectivity index (χ2n) is 7.09. The maximum absolute atomic E-state index is 12.7. The van der Waals surface area contributed by atoms with E-state index >= 15 is 0 Å². The fourth-order valence-electron chi connectivity index (χ4n) is 3.29. The molecule has 0 spiro atoms. The smallest absolute Gasteiger partial charge is 0.348 e. The molecule has 4 rings (SSSR count). The standard InChI is InChI=1S/C20H23N3O4S2/c1-12-16-18(24)21-15(11-23(13-5-6-13)10-14-4-3-9-28-14)22-19(16)29-17(12)20(25)27-8-7-26-2/h3-4,9,13H,5-8,10-11H2,1-2H3,(H,21,22,24). The van der Waals surface area contributed by atoms with Crippen LogP contribution in [0.3, 0.4) is 0 Å². The highest BCUT2D eigenvalue weighted by molar-refractivity contribution is 7.20. The highest BCUT2D eigenvalue weighted by Gasteiger charge is 2.30. The quantitative estimate of drug-likeness (QED) is 0.412. The number of nitrogens with one attached hydrogen (secondary N) is 1. The molecular weight excluding hydrogens is 410 g/mol. The molecule has 0 aromatic carbocycles. The van der Waals surface area contributed by atoms with E-state index in [4.69, 9.17) is 9.47 Å². The highest BCUT2D eigenvalue weighted by atomic mass is 32.1. The summed E-state index contributed by atoms with van der Waals surface area (Å²) in [6, 6.07) is 4.72. The number of hydrogen-bond donors (Lipinski definition) is 1. The molecule has 29 heavy (non-hydrogen) atoms. The zero-order valence-electron chi connectivity index (χ0n) is 16.4. The minimum atomic E-state index is -0.444. The molecule has 0 radical (unpaired) electrons. The van der Waals surface area contributed by atoms with Crippen LogP contribution in [0.2, 0.25) is 0 Å². The molecule has 1 fully saturated rings. The molecule has 0 aliphatic heterocycles. The Labute approximate surface area is 176 Å². The number of esters is 1. The van der Waals surface area contributed by atoms with Crippen LogP contribution >= 0.6 is 22.7 Å². The van der Waals surface area contributed by atoms with Gasteiger partial charge in [-0.15, -0.1) is 22.7 Å². The summed E-state index contributed by atoms with van der Waals surface area (Å²) in [6.07, 6.45) is 2.35. The van der Waals surface area contributed by atoms with Gasteiger partial charge in [0.1, 0.15) is 22.1 Å². The Kier molecular flexibility index (Phi) is 6.09. The molecule has 1 N–H and O–H groups in total. The Morgan fingerprint density at radius 2 is 2.17 bits per heavy atom. The highest BCUT2D eigenvalue weighted by Crippen LogP contribution is 2.31. The van der Waals surface area contributed by atoms with E-state index in [1.807, 2.05) is 0 Å². The summed E-state index contributed by atoms with van der Waals surface area (Å²) in [5.41, 5.74) is 0.409. The van der Waals surface area contributed by atoms with Gasteiger partial charge in [0, 0.05) is 24.6 Å². The van der Waals surface area contributed by atoms with Crippen LogP contribution in [0.1, 0.15) is 38.8 Å². The molecule has 1 aliphatic carbocycles. The summed E-state index contributed by atoms with van der Waals surface area (Å²) in [5.74, 6) is 0.187. The number of thiophene rings is 2. The molecule has 0 unspecified atom stereocenters. The molecule has 7 nitrogen and oxygen atoms in total.